The van der Waals surface area contributed by atoms with Crippen LogP contribution >= 0.6 is 0 Å². The molecule has 0 aliphatic heterocycles. The SMILES string of the molecule is CCN(CC(=O)O)C1CC(NC(=O)c2ccc(S(=O)(=O)N(C)C)cc2)C1. The fourth-order valence-electron chi connectivity index (χ4n) is 2.93. The minimum Gasteiger partial charge on any atom is -0.480 e. The van der Waals surface area contributed by atoms with Crippen LogP contribution < -0.4 is 5.32 Å². The van der Waals surface area contributed by atoms with Gasteiger partial charge in [-0.1, -0.05) is 6.92 Å². The molecule has 0 aromatic heterocycles. The Morgan fingerprint density at radius 3 is 2.23 bits per heavy atom. The van der Waals surface area contributed by atoms with Gasteiger partial charge in [0.1, 0.15) is 0 Å². The van der Waals surface area contributed by atoms with Crippen molar-refractivity contribution >= 4 is 21.9 Å². The number of nitrogens with one attached hydrogen (secondary N) is 1. The Morgan fingerprint density at radius 1 is 1.19 bits per heavy atom. The number of rotatable bonds is 8. The quantitative estimate of drug-likeness (QED) is 0.681. The fraction of sp³-hybridized carbons (Fsp3) is 0.529. The molecular weight excluding hydrogens is 358 g/mol. The summed E-state index contributed by atoms with van der Waals surface area (Å²) in [6.07, 6.45) is 1.42. The molecule has 1 amide bonds. The number of carbonyl (C=O) groups is 2. The molecule has 144 valence electrons. The van der Waals surface area contributed by atoms with Crippen LogP contribution in [0.4, 0.5) is 0 Å². The van der Waals surface area contributed by atoms with Crippen molar-refractivity contribution in [1.82, 2.24) is 14.5 Å². The first-order valence-electron chi connectivity index (χ1n) is 8.44. The van der Waals surface area contributed by atoms with Gasteiger partial charge in [0.25, 0.3) is 5.91 Å². The first-order valence-corrected chi connectivity index (χ1v) is 9.88. The summed E-state index contributed by atoms with van der Waals surface area (Å²) in [5, 5.41) is 11.8. The molecule has 1 saturated carbocycles. The zero-order valence-corrected chi connectivity index (χ0v) is 16.0. The highest BCUT2D eigenvalue weighted by atomic mass is 32.2. The maximum absolute atomic E-state index is 12.3. The highest BCUT2D eigenvalue weighted by Crippen LogP contribution is 2.26. The molecule has 1 aliphatic rings. The molecule has 1 aromatic carbocycles. The Labute approximate surface area is 153 Å². The van der Waals surface area contributed by atoms with Gasteiger partial charge in [0.15, 0.2) is 0 Å². The Balaban J connectivity index is 1.91. The molecule has 1 aromatic rings. The van der Waals surface area contributed by atoms with Gasteiger partial charge in [-0.3, -0.25) is 14.5 Å². The largest absolute Gasteiger partial charge is 0.480 e. The van der Waals surface area contributed by atoms with E-state index in [-0.39, 0.29) is 29.4 Å². The lowest BCUT2D eigenvalue weighted by atomic mass is 9.85. The third-order valence-corrected chi connectivity index (χ3v) is 6.43. The van der Waals surface area contributed by atoms with Crippen molar-refractivity contribution < 1.29 is 23.1 Å². The van der Waals surface area contributed by atoms with Crippen LogP contribution in [0.15, 0.2) is 29.2 Å². The summed E-state index contributed by atoms with van der Waals surface area (Å²) in [4.78, 5) is 25.1. The summed E-state index contributed by atoms with van der Waals surface area (Å²) in [6, 6.07) is 5.98. The molecule has 1 aliphatic carbocycles. The minimum atomic E-state index is -3.52. The van der Waals surface area contributed by atoms with Crippen LogP contribution in [0.25, 0.3) is 0 Å². The van der Waals surface area contributed by atoms with Crippen molar-refractivity contribution in [3.05, 3.63) is 29.8 Å². The first-order chi connectivity index (χ1) is 12.1. The van der Waals surface area contributed by atoms with Gasteiger partial charge in [0, 0.05) is 31.7 Å². The van der Waals surface area contributed by atoms with Gasteiger partial charge in [-0.25, -0.2) is 12.7 Å². The zero-order valence-electron chi connectivity index (χ0n) is 15.2. The number of carboxylic acid groups (broad SMARTS) is 1. The average Bonchev–Trinajstić information content (AvgIpc) is 2.55. The van der Waals surface area contributed by atoms with Crippen LogP contribution in [-0.2, 0) is 14.8 Å². The second kappa shape index (κ2) is 8.15. The summed E-state index contributed by atoms with van der Waals surface area (Å²) < 4.78 is 25.2. The summed E-state index contributed by atoms with van der Waals surface area (Å²) in [5.41, 5.74) is 0.393. The predicted molar refractivity (Wildman–Crippen MR) is 96.5 cm³/mol. The number of likely N-dealkylation sites (N-methyl/N-ethyl adjacent to an activating group) is 1. The molecule has 2 N–H and O–H groups in total. The maximum atomic E-state index is 12.3. The van der Waals surface area contributed by atoms with Gasteiger partial charge >= 0.3 is 5.97 Å². The Kier molecular flexibility index (Phi) is 6.38. The monoisotopic (exact) mass is 383 g/mol. The van der Waals surface area contributed by atoms with E-state index >= 15 is 0 Å². The van der Waals surface area contributed by atoms with Gasteiger partial charge in [0.05, 0.1) is 11.4 Å². The molecule has 0 heterocycles. The maximum Gasteiger partial charge on any atom is 0.317 e. The summed E-state index contributed by atoms with van der Waals surface area (Å²) in [5.74, 6) is -1.12. The lowest BCUT2D eigenvalue weighted by molar-refractivity contribution is -0.139. The van der Waals surface area contributed by atoms with Crippen molar-refractivity contribution in [2.45, 2.75) is 36.7 Å². The summed E-state index contributed by atoms with van der Waals surface area (Å²) in [7, 11) is -0.615. The van der Waals surface area contributed by atoms with Crippen LogP contribution in [0.3, 0.4) is 0 Å². The number of aliphatic carboxylic acids is 1. The van der Waals surface area contributed by atoms with Gasteiger partial charge in [-0.2, -0.15) is 0 Å². The zero-order chi connectivity index (χ0) is 19.5. The summed E-state index contributed by atoms with van der Waals surface area (Å²) >= 11 is 0. The topological polar surface area (TPSA) is 107 Å². The normalized spacial score (nSPS) is 20.0. The number of benzene rings is 1. The standard InChI is InChI=1S/C17H25N3O5S/c1-4-20(11-16(21)22)14-9-13(10-14)18-17(23)12-5-7-15(8-6-12)26(24,25)19(2)3/h5-8,13-14H,4,9-11H2,1-3H3,(H,18,23)(H,21,22). The van der Waals surface area contributed by atoms with Gasteiger partial charge in [-0.05, 0) is 43.7 Å². The molecule has 26 heavy (non-hydrogen) atoms. The lowest BCUT2D eigenvalue weighted by Gasteiger charge is -2.42. The smallest absolute Gasteiger partial charge is 0.317 e. The third kappa shape index (κ3) is 4.60. The highest BCUT2D eigenvalue weighted by molar-refractivity contribution is 7.89. The fourth-order valence-corrected chi connectivity index (χ4v) is 3.84. The average molecular weight is 383 g/mol. The van der Waals surface area contributed by atoms with E-state index in [9.17, 15) is 18.0 Å². The molecular formula is C17H25N3O5S. The number of sulfonamides is 1. The number of carbonyl (C=O) groups excluding carboxylic acids is 1. The number of hydrogen-bond acceptors (Lipinski definition) is 5. The molecule has 0 radical (unpaired) electrons. The van der Waals surface area contributed by atoms with E-state index in [2.05, 4.69) is 5.32 Å². The molecule has 8 nitrogen and oxygen atoms in total. The molecule has 0 spiro atoms. The van der Waals surface area contributed by atoms with Gasteiger partial charge in [0.2, 0.25) is 10.0 Å². The summed E-state index contributed by atoms with van der Waals surface area (Å²) in [6.45, 7) is 2.57. The van der Waals surface area contributed by atoms with E-state index in [1.165, 1.54) is 38.4 Å². The predicted octanol–water partition coefficient (Wildman–Crippen LogP) is 0.604. The van der Waals surface area contributed by atoms with Crippen molar-refractivity contribution in [1.29, 1.82) is 0 Å². The number of carboxylic acids is 1. The Hall–Kier alpha value is -1.97. The van der Waals surface area contributed by atoms with Crippen molar-refractivity contribution in [3.63, 3.8) is 0 Å². The molecule has 9 heteroatoms. The van der Waals surface area contributed by atoms with Crippen LogP contribution in [0.1, 0.15) is 30.1 Å². The van der Waals surface area contributed by atoms with Crippen LogP contribution in [-0.4, -0.2) is 73.9 Å². The highest BCUT2D eigenvalue weighted by Gasteiger charge is 2.34. The van der Waals surface area contributed by atoms with Crippen molar-refractivity contribution in [3.8, 4) is 0 Å². The van der Waals surface area contributed by atoms with E-state index < -0.39 is 16.0 Å². The van der Waals surface area contributed by atoms with E-state index in [0.717, 1.165) is 4.31 Å². The van der Waals surface area contributed by atoms with Crippen molar-refractivity contribution in [2.75, 3.05) is 27.2 Å². The molecule has 2 rings (SSSR count). The van der Waals surface area contributed by atoms with E-state index in [0.29, 0.717) is 24.9 Å². The third-order valence-electron chi connectivity index (χ3n) is 4.60. The number of hydrogen-bond donors (Lipinski definition) is 2. The van der Waals surface area contributed by atoms with Crippen LogP contribution in [0.5, 0.6) is 0 Å². The molecule has 0 unspecified atom stereocenters. The van der Waals surface area contributed by atoms with E-state index in [4.69, 9.17) is 5.11 Å². The second-order valence-electron chi connectivity index (χ2n) is 6.56. The minimum absolute atomic E-state index is 0.000490. The van der Waals surface area contributed by atoms with Crippen molar-refractivity contribution in [2.24, 2.45) is 0 Å². The first kappa shape index (κ1) is 20.3. The van der Waals surface area contributed by atoms with Gasteiger partial charge < -0.3 is 10.4 Å². The second-order valence-corrected chi connectivity index (χ2v) is 8.72. The van der Waals surface area contributed by atoms with Crippen LogP contribution in [0, 0.1) is 0 Å². The van der Waals surface area contributed by atoms with E-state index in [1.54, 1.807) is 0 Å². The number of amides is 1. The molecule has 0 saturated heterocycles. The van der Waals surface area contributed by atoms with Gasteiger partial charge in [-0.15, -0.1) is 0 Å². The Bertz CT molecular complexity index is 755. The Morgan fingerprint density at radius 2 is 1.77 bits per heavy atom. The van der Waals surface area contributed by atoms with Crippen LogP contribution in [0.2, 0.25) is 0 Å². The lowest BCUT2D eigenvalue weighted by Crippen LogP contribution is -2.54. The molecule has 0 bridgehead atoms. The van der Waals surface area contributed by atoms with E-state index in [1.807, 2.05) is 11.8 Å². The molecule has 0 atom stereocenters. The molecule has 1 fully saturated rings. The number of nitrogens with zero attached hydrogens (tertiary/aromatic N) is 2.